The van der Waals surface area contributed by atoms with Crippen LogP contribution in [-0.2, 0) is 4.79 Å². The van der Waals surface area contributed by atoms with E-state index in [9.17, 15) is 9.59 Å². The molecule has 2 aliphatic rings. The van der Waals surface area contributed by atoms with Crippen LogP contribution in [-0.4, -0.2) is 62.2 Å². The molecular weight excluding hydrogens is 374 g/mol. The maximum absolute atomic E-state index is 12.8. The van der Waals surface area contributed by atoms with Crippen LogP contribution >= 0.6 is 0 Å². The number of aromatic amines is 1. The van der Waals surface area contributed by atoms with Crippen LogP contribution < -0.4 is 19.5 Å². The molecule has 1 aromatic carbocycles. The van der Waals surface area contributed by atoms with Crippen molar-refractivity contribution in [2.75, 3.05) is 34.4 Å². The first-order valence-electron chi connectivity index (χ1n) is 9.97. The van der Waals surface area contributed by atoms with Gasteiger partial charge in [-0.05, 0) is 31.7 Å². The first kappa shape index (κ1) is 19.4. The number of methoxy groups -OCH3 is 3. The molecule has 2 aromatic rings. The summed E-state index contributed by atoms with van der Waals surface area (Å²) in [4.78, 5) is 30.1. The molecule has 0 spiro atoms. The van der Waals surface area contributed by atoms with Gasteiger partial charge in [0.05, 0.1) is 26.8 Å². The van der Waals surface area contributed by atoms with Gasteiger partial charge in [0.2, 0.25) is 5.91 Å². The molecule has 4 rings (SSSR count). The number of rotatable bonds is 6. The topological polar surface area (TPSA) is 92.9 Å². The fourth-order valence-electron chi connectivity index (χ4n) is 3.95. The van der Waals surface area contributed by atoms with Gasteiger partial charge in [-0.2, -0.15) is 0 Å². The van der Waals surface area contributed by atoms with Crippen molar-refractivity contribution < 1.29 is 23.8 Å². The van der Waals surface area contributed by atoms with Gasteiger partial charge in [-0.3, -0.25) is 9.59 Å². The Labute approximate surface area is 169 Å². The zero-order valence-corrected chi connectivity index (χ0v) is 17.0. The summed E-state index contributed by atoms with van der Waals surface area (Å²) in [6.45, 7) is 1.40. The van der Waals surface area contributed by atoms with E-state index >= 15 is 0 Å². The quantitative estimate of drug-likeness (QED) is 0.775. The average molecular weight is 401 g/mol. The summed E-state index contributed by atoms with van der Waals surface area (Å²) in [5.41, 5.74) is 1.08. The van der Waals surface area contributed by atoms with Crippen LogP contribution in [0.15, 0.2) is 12.1 Å². The molecule has 8 heteroatoms. The molecule has 0 bridgehead atoms. The third-order valence-electron chi connectivity index (χ3n) is 5.75. The Morgan fingerprint density at radius 3 is 2.28 bits per heavy atom. The van der Waals surface area contributed by atoms with Gasteiger partial charge in [0.15, 0.2) is 11.5 Å². The number of ether oxygens (including phenoxy) is 3. The number of amides is 2. The smallest absolute Gasteiger partial charge is 0.267 e. The molecule has 0 atom stereocenters. The summed E-state index contributed by atoms with van der Waals surface area (Å²) in [6, 6.07) is 3.55. The Morgan fingerprint density at radius 2 is 1.69 bits per heavy atom. The molecule has 1 saturated heterocycles. The van der Waals surface area contributed by atoms with Gasteiger partial charge in [-0.15, -0.1) is 0 Å². The molecule has 2 N–H and O–H groups in total. The summed E-state index contributed by atoms with van der Waals surface area (Å²) in [6.07, 6.45) is 3.58. The predicted molar refractivity (Wildman–Crippen MR) is 108 cm³/mol. The van der Waals surface area contributed by atoms with E-state index in [1.807, 2.05) is 4.90 Å². The van der Waals surface area contributed by atoms with E-state index < -0.39 is 0 Å². The van der Waals surface area contributed by atoms with Gasteiger partial charge in [0.25, 0.3) is 5.91 Å². The van der Waals surface area contributed by atoms with Crippen LogP contribution in [0.1, 0.15) is 36.2 Å². The Bertz CT molecular complexity index is 926. The summed E-state index contributed by atoms with van der Waals surface area (Å²) in [5.74, 6) is 1.98. The summed E-state index contributed by atoms with van der Waals surface area (Å²) in [7, 11) is 4.69. The maximum atomic E-state index is 12.8. The van der Waals surface area contributed by atoms with Crippen molar-refractivity contribution in [3.05, 3.63) is 17.8 Å². The van der Waals surface area contributed by atoms with Gasteiger partial charge in [-0.25, -0.2) is 0 Å². The van der Waals surface area contributed by atoms with Crippen molar-refractivity contribution in [2.24, 2.45) is 5.92 Å². The van der Waals surface area contributed by atoms with Crippen LogP contribution in [0.3, 0.4) is 0 Å². The predicted octanol–water partition coefficient (Wildman–Crippen LogP) is 2.32. The molecule has 0 radical (unpaired) electrons. The Kier molecular flexibility index (Phi) is 5.25. The highest BCUT2D eigenvalue weighted by Gasteiger charge is 2.35. The summed E-state index contributed by atoms with van der Waals surface area (Å²) < 4.78 is 16.3. The molecule has 1 aromatic heterocycles. The minimum absolute atomic E-state index is 0.0514. The number of hydrogen-bond acceptors (Lipinski definition) is 5. The number of carbonyl (C=O) groups is 2. The highest BCUT2D eigenvalue weighted by atomic mass is 16.5. The zero-order chi connectivity index (χ0) is 20.5. The minimum Gasteiger partial charge on any atom is -0.496 e. The number of benzene rings is 1. The van der Waals surface area contributed by atoms with Gasteiger partial charge in [-0.1, -0.05) is 0 Å². The van der Waals surface area contributed by atoms with Gasteiger partial charge >= 0.3 is 0 Å². The Balaban J connectivity index is 1.48. The molecule has 1 saturated carbocycles. The van der Waals surface area contributed by atoms with Gasteiger partial charge in [0.1, 0.15) is 11.4 Å². The largest absolute Gasteiger partial charge is 0.496 e. The number of carbonyl (C=O) groups excluding carboxylic acids is 2. The Morgan fingerprint density at radius 1 is 1.00 bits per heavy atom. The number of H-pyrrole nitrogens is 1. The third kappa shape index (κ3) is 3.71. The second kappa shape index (κ2) is 7.85. The zero-order valence-electron chi connectivity index (χ0n) is 17.0. The van der Waals surface area contributed by atoms with Crippen molar-refractivity contribution in [1.82, 2.24) is 15.2 Å². The summed E-state index contributed by atoms with van der Waals surface area (Å²) in [5, 5.41) is 3.83. The van der Waals surface area contributed by atoms with Crippen LogP contribution in [0.2, 0.25) is 0 Å². The number of aromatic nitrogens is 1. The van der Waals surface area contributed by atoms with E-state index in [2.05, 4.69) is 10.3 Å². The molecule has 2 heterocycles. The standard InChI is InChI=1S/C21H27N3O5/c1-27-16-11-17(28-2)19(29-3)18-14(16)10-15(23-18)20(25)22-13-6-8-24(9-7-13)21(26)12-4-5-12/h10-13,23H,4-9H2,1-3H3,(H,22,25). The number of likely N-dealkylation sites (tertiary alicyclic amines) is 1. The number of nitrogens with zero attached hydrogens (tertiary/aromatic N) is 1. The van der Waals surface area contributed by atoms with Crippen LogP contribution in [0.25, 0.3) is 10.9 Å². The lowest BCUT2D eigenvalue weighted by Gasteiger charge is -2.32. The first-order valence-corrected chi connectivity index (χ1v) is 9.97. The molecule has 8 nitrogen and oxygen atoms in total. The van der Waals surface area contributed by atoms with E-state index in [0.29, 0.717) is 41.5 Å². The highest BCUT2D eigenvalue weighted by molar-refractivity contribution is 6.02. The minimum atomic E-state index is -0.184. The molecule has 2 fully saturated rings. The normalized spacial score (nSPS) is 17.3. The molecule has 2 amide bonds. The molecular formula is C21H27N3O5. The van der Waals surface area contributed by atoms with Gasteiger partial charge in [0, 0.05) is 36.5 Å². The lowest BCUT2D eigenvalue weighted by Crippen LogP contribution is -2.47. The van der Waals surface area contributed by atoms with Crippen LogP contribution in [0, 0.1) is 5.92 Å². The third-order valence-corrected chi connectivity index (χ3v) is 5.75. The lowest BCUT2D eigenvalue weighted by molar-refractivity contribution is -0.133. The van der Waals surface area contributed by atoms with E-state index in [1.54, 1.807) is 33.5 Å². The SMILES string of the molecule is COc1cc(OC)c2cc(C(=O)NC3CCN(C(=O)C4CC4)CC3)[nH]c2c1OC. The molecule has 1 aliphatic carbocycles. The fraction of sp³-hybridized carbons (Fsp3) is 0.524. The lowest BCUT2D eigenvalue weighted by atomic mass is 10.0. The maximum Gasteiger partial charge on any atom is 0.267 e. The molecule has 29 heavy (non-hydrogen) atoms. The second-order valence-electron chi connectivity index (χ2n) is 7.63. The second-order valence-corrected chi connectivity index (χ2v) is 7.63. The monoisotopic (exact) mass is 401 g/mol. The highest BCUT2D eigenvalue weighted by Crippen LogP contribution is 2.41. The Hall–Kier alpha value is -2.90. The van der Waals surface area contributed by atoms with E-state index in [4.69, 9.17) is 14.2 Å². The van der Waals surface area contributed by atoms with Crippen molar-refractivity contribution in [3.63, 3.8) is 0 Å². The summed E-state index contributed by atoms with van der Waals surface area (Å²) >= 11 is 0. The van der Waals surface area contributed by atoms with Crippen LogP contribution in [0.5, 0.6) is 17.2 Å². The molecule has 1 aliphatic heterocycles. The van der Waals surface area contributed by atoms with Crippen molar-refractivity contribution in [1.29, 1.82) is 0 Å². The number of hydrogen-bond donors (Lipinski definition) is 2. The number of fused-ring (bicyclic) bond motifs is 1. The van der Waals surface area contributed by atoms with Crippen molar-refractivity contribution in [3.8, 4) is 17.2 Å². The first-order chi connectivity index (χ1) is 14.0. The number of nitrogens with one attached hydrogen (secondary N) is 2. The van der Waals surface area contributed by atoms with E-state index in [0.717, 1.165) is 31.1 Å². The molecule has 156 valence electrons. The van der Waals surface area contributed by atoms with Crippen molar-refractivity contribution in [2.45, 2.75) is 31.7 Å². The fourth-order valence-corrected chi connectivity index (χ4v) is 3.95. The van der Waals surface area contributed by atoms with Gasteiger partial charge < -0.3 is 29.4 Å². The van der Waals surface area contributed by atoms with E-state index in [1.165, 1.54) is 0 Å². The molecule has 0 unspecified atom stereocenters. The van der Waals surface area contributed by atoms with Crippen LogP contribution in [0.4, 0.5) is 0 Å². The van der Waals surface area contributed by atoms with E-state index in [-0.39, 0.29) is 23.8 Å². The van der Waals surface area contributed by atoms with Crippen molar-refractivity contribution >= 4 is 22.7 Å². The number of piperidine rings is 1. The average Bonchev–Trinajstić information content (AvgIpc) is 3.50.